The Bertz CT molecular complexity index is 1130. The maximum Gasteiger partial charge on any atom is 0.295 e. The summed E-state index contributed by atoms with van der Waals surface area (Å²) in [5.41, 5.74) is 1.93. The highest BCUT2D eigenvalue weighted by atomic mass is 35.5. The van der Waals surface area contributed by atoms with Crippen LogP contribution >= 0.6 is 23.2 Å². The minimum Gasteiger partial charge on any atom is -0.507 e. The minimum absolute atomic E-state index is 0.0392. The van der Waals surface area contributed by atoms with E-state index >= 15 is 0 Å². The third kappa shape index (κ3) is 6.18. The molecular weight excluding hydrogens is 487 g/mol. The summed E-state index contributed by atoms with van der Waals surface area (Å²) in [6.07, 6.45) is 2.64. The molecule has 6 nitrogen and oxygen atoms in total. The first-order valence-electron chi connectivity index (χ1n) is 11.8. The van der Waals surface area contributed by atoms with Gasteiger partial charge in [0.15, 0.2) is 0 Å². The molecule has 0 aromatic heterocycles. The Morgan fingerprint density at radius 1 is 1.09 bits per heavy atom. The second-order valence-corrected chi connectivity index (χ2v) is 9.82. The number of unbranched alkanes of at least 4 members (excludes halogenated alkanes) is 1. The summed E-state index contributed by atoms with van der Waals surface area (Å²) < 4.78 is 5.81. The summed E-state index contributed by atoms with van der Waals surface area (Å²) in [6.45, 7) is 5.69. The first-order valence-corrected chi connectivity index (χ1v) is 12.5. The van der Waals surface area contributed by atoms with Gasteiger partial charge in [0.1, 0.15) is 11.5 Å². The van der Waals surface area contributed by atoms with Crippen LogP contribution in [0.15, 0.2) is 42.0 Å². The number of carbonyl (C=O) groups excluding carboxylic acids is 2. The van der Waals surface area contributed by atoms with Crippen molar-refractivity contribution >= 4 is 40.7 Å². The molecule has 8 heteroatoms. The topological polar surface area (TPSA) is 70.1 Å². The second kappa shape index (κ2) is 11.9. The number of aliphatic hydroxyl groups excluding tert-OH is 1. The van der Waals surface area contributed by atoms with Gasteiger partial charge in [-0.05, 0) is 81.9 Å². The van der Waals surface area contributed by atoms with Crippen LogP contribution in [0, 0.1) is 6.92 Å². The lowest BCUT2D eigenvalue weighted by Crippen LogP contribution is -2.32. The van der Waals surface area contributed by atoms with E-state index in [1.165, 1.54) is 4.90 Å². The molecule has 1 aliphatic heterocycles. The van der Waals surface area contributed by atoms with E-state index in [4.69, 9.17) is 27.9 Å². The predicted octanol–water partition coefficient (Wildman–Crippen LogP) is 5.85. The molecule has 1 amide bonds. The number of amides is 1. The number of aliphatic hydroxyl groups is 1. The first kappa shape index (κ1) is 27.1. The van der Waals surface area contributed by atoms with E-state index in [1.54, 1.807) is 36.4 Å². The molecule has 1 N–H and O–H groups in total. The molecule has 2 aromatic carbocycles. The molecular formula is C27H32Cl2N2O4. The standard InChI is InChI=1S/C27H32Cl2N2O4/c1-5-6-14-35-22-11-9-19(15-17(22)2)25(32)23-24(18-8-10-20(28)21(29)16-18)31(27(34)26(23)33)13-7-12-30(3)4/h8-11,15-16,24,32H,5-7,12-14H2,1-4H3/b25-23+/t24-/m1/s1. The number of nitrogens with zero attached hydrogens (tertiary/aromatic N) is 2. The van der Waals surface area contributed by atoms with Gasteiger partial charge >= 0.3 is 0 Å². The Morgan fingerprint density at radius 2 is 1.83 bits per heavy atom. The molecule has 0 aliphatic carbocycles. The van der Waals surface area contributed by atoms with Crippen molar-refractivity contribution in [2.75, 3.05) is 33.8 Å². The average molecular weight is 519 g/mol. The van der Waals surface area contributed by atoms with Gasteiger partial charge in [0.25, 0.3) is 11.7 Å². The minimum atomic E-state index is -0.771. The van der Waals surface area contributed by atoms with Crippen LogP contribution in [-0.2, 0) is 9.59 Å². The van der Waals surface area contributed by atoms with E-state index in [9.17, 15) is 14.7 Å². The van der Waals surface area contributed by atoms with Crippen molar-refractivity contribution in [1.29, 1.82) is 0 Å². The molecule has 35 heavy (non-hydrogen) atoms. The quantitative estimate of drug-likeness (QED) is 0.185. The lowest BCUT2D eigenvalue weighted by atomic mass is 9.94. The summed E-state index contributed by atoms with van der Waals surface area (Å²) >= 11 is 12.4. The van der Waals surface area contributed by atoms with E-state index in [0.717, 1.165) is 30.7 Å². The van der Waals surface area contributed by atoms with Gasteiger partial charge in [-0.3, -0.25) is 9.59 Å². The van der Waals surface area contributed by atoms with Gasteiger partial charge in [-0.1, -0.05) is 42.6 Å². The number of halogens is 2. The molecule has 3 rings (SSSR count). The van der Waals surface area contributed by atoms with E-state index in [1.807, 2.05) is 25.9 Å². The number of Topliss-reactive ketones (excluding diaryl/α,β-unsaturated/α-hetero) is 1. The number of hydrogen-bond acceptors (Lipinski definition) is 5. The molecule has 0 saturated carbocycles. The fraction of sp³-hybridized carbons (Fsp3) is 0.407. The zero-order chi connectivity index (χ0) is 25.7. The SMILES string of the molecule is CCCCOc1ccc(/C(O)=C2\C(=O)C(=O)N(CCCN(C)C)[C@@H]2c2ccc(Cl)c(Cl)c2)cc1C. The predicted molar refractivity (Wildman–Crippen MR) is 140 cm³/mol. The van der Waals surface area contributed by atoms with Crippen molar-refractivity contribution < 1.29 is 19.4 Å². The van der Waals surface area contributed by atoms with E-state index in [0.29, 0.717) is 40.7 Å². The number of likely N-dealkylation sites (tertiary alicyclic amines) is 1. The van der Waals surface area contributed by atoms with Crippen LogP contribution in [0.4, 0.5) is 0 Å². The Balaban J connectivity index is 2.05. The zero-order valence-corrected chi connectivity index (χ0v) is 22.1. The van der Waals surface area contributed by atoms with Crippen LogP contribution in [0.2, 0.25) is 10.0 Å². The van der Waals surface area contributed by atoms with Crippen LogP contribution in [-0.4, -0.2) is 60.4 Å². The summed E-state index contributed by atoms with van der Waals surface area (Å²) in [6, 6.07) is 9.48. The summed E-state index contributed by atoms with van der Waals surface area (Å²) in [7, 11) is 3.89. The molecule has 1 aliphatic rings. The Kier molecular flexibility index (Phi) is 9.22. The molecule has 1 fully saturated rings. The zero-order valence-electron chi connectivity index (χ0n) is 20.6. The maximum atomic E-state index is 13.2. The number of carbonyl (C=O) groups is 2. The molecule has 0 unspecified atom stereocenters. The smallest absolute Gasteiger partial charge is 0.295 e. The van der Waals surface area contributed by atoms with Crippen molar-refractivity contribution in [3.8, 4) is 5.75 Å². The fourth-order valence-corrected chi connectivity index (χ4v) is 4.44. The average Bonchev–Trinajstić information content (AvgIpc) is 3.06. The maximum absolute atomic E-state index is 13.2. The lowest BCUT2D eigenvalue weighted by molar-refractivity contribution is -0.139. The number of rotatable bonds is 10. The number of ether oxygens (including phenoxy) is 1. The van der Waals surface area contributed by atoms with E-state index < -0.39 is 17.7 Å². The monoisotopic (exact) mass is 518 g/mol. The molecule has 0 radical (unpaired) electrons. The molecule has 0 bridgehead atoms. The molecule has 1 heterocycles. The van der Waals surface area contributed by atoms with Crippen LogP contribution in [0.1, 0.15) is 48.9 Å². The van der Waals surface area contributed by atoms with Gasteiger partial charge in [0.05, 0.1) is 28.3 Å². The molecule has 1 saturated heterocycles. The van der Waals surface area contributed by atoms with Crippen LogP contribution in [0.5, 0.6) is 5.75 Å². The van der Waals surface area contributed by atoms with Crippen LogP contribution < -0.4 is 4.74 Å². The number of aryl methyl sites for hydroxylation is 1. The number of hydrogen-bond donors (Lipinski definition) is 1. The summed E-state index contributed by atoms with van der Waals surface area (Å²) in [5, 5.41) is 12.0. The molecule has 2 aromatic rings. The lowest BCUT2D eigenvalue weighted by Gasteiger charge is -2.26. The van der Waals surface area contributed by atoms with Crippen molar-refractivity contribution in [1.82, 2.24) is 9.80 Å². The Hall–Kier alpha value is -2.54. The molecule has 1 atom stereocenters. The summed E-state index contributed by atoms with van der Waals surface area (Å²) in [5.74, 6) is -0.861. The van der Waals surface area contributed by atoms with Crippen molar-refractivity contribution in [2.45, 2.75) is 39.2 Å². The van der Waals surface area contributed by atoms with E-state index in [-0.39, 0.29) is 11.3 Å². The fourth-order valence-electron chi connectivity index (χ4n) is 4.14. The Morgan fingerprint density at radius 3 is 2.46 bits per heavy atom. The third-order valence-corrected chi connectivity index (χ3v) is 6.75. The molecule has 188 valence electrons. The third-order valence-electron chi connectivity index (χ3n) is 6.01. The first-order chi connectivity index (χ1) is 16.6. The van der Waals surface area contributed by atoms with Crippen molar-refractivity contribution in [3.63, 3.8) is 0 Å². The normalized spacial score (nSPS) is 17.5. The van der Waals surface area contributed by atoms with Crippen LogP contribution in [0.25, 0.3) is 5.76 Å². The van der Waals surface area contributed by atoms with Gasteiger partial charge < -0.3 is 19.6 Å². The second-order valence-electron chi connectivity index (χ2n) is 9.01. The Labute approximate surface area is 217 Å². The molecule has 0 spiro atoms. The van der Waals surface area contributed by atoms with Crippen LogP contribution in [0.3, 0.4) is 0 Å². The van der Waals surface area contributed by atoms with Gasteiger partial charge in [0.2, 0.25) is 0 Å². The number of benzene rings is 2. The van der Waals surface area contributed by atoms with Crippen molar-refractivity contribution in [3.05, 3.63) is 68.7 Å². The highest BCUT2D eigenvalue weighted by molar-refractivity contribution is 6.46. The highest BCUT2D eigenvalue weighted by Crippen LogP contribution is 2.41. The van der Waals surface area contributed by atoms with Gasteiger partial charge in [-0.2, -0.15) is 0 Å². The largest absolute Gasteiger partial charge is 0.507 e. The van der Waals surface area contributed by atoms with Gasteiger partial charge in [0, 0.05) is 12.1 Å². The van der Waals surface area contributed by atoms with Gasteiger partial charge in [-0.15, -0.1) is 0 Å². The van der Waals surface area contributed by atoms with Crippen molar-refractivity contribution in [2.24, 2.45) is 0 Å². The highest BCUT2D eigenvalue weighted by Gasteiger charge is 2.46. The van der Waals surface area contributed by atoms with E-state index in [2.05, 4.69) is 6.92 Å². The summed E-state index contributed by atoms with van der Waals surface area (Å²) in [4.78, 5) is 29.8. The number of ketones is 1. The van der Waals surface area contributed by atoms with Gasteiger partial charge in [-0.25, -0.2) is 0 Å².